The van der Waals surface area contributed by atoms with Crippen LogP contribution >= 0.6 is 0 Å². The number of aryl methyl sites for hydroxylation is 1. The Hall–Kier alpha value is -1.35. The molecule has 0 aliphatic rings. The molecular weight excluding hydrogens is 167 g/mol. The molecule has 13 heavy (non-hydrogen) atoms. The lowest BCUT2D eigenvalue weighted by Gasteiger charge is -2.12. The third kappa shape index (κ3) is 1.87. The number of anilines is 1. The molecule has 0 bridgehead atoms. The van der Waals surface area contributed by atoms with E-state index in [2.05, 4.69) is 6.58 Å². The van der Waals surface area contributed by atoms with Crippen molar-refractivity contribution < 1.29 is 4.39 Å². The SMILES string of the molecule is C=C[C@H](N)c1cc(F)cc(C)c1N. The third-order valence-corrected chi connectivity index (χ3v) is 2.00. The first kappa shape index (κ1) is 9.74. The van der Waals surface area contributed by atoms with Crippen LogP contribution < -0.4 is 11.5 Å². The van der Waals surface area contributed by atoms with Crippen LogP contribution in [0.4, 0.5) is 10.1 Å². The summed E-state index contributed by atoms with van der Waals surface area (Å²) in [5.41, 5.74) is 13.2. The van der Waals surface area contributed by atoms with E-state index in [0.29, 0.717) is 16.8 Å². The van der Waals surface area contributed by atoms with Gasteiger partial charge in [-0.15, -0.1) is 6.58 Å². The molecule has 0 amide bonds. The smallest absolute Gasteiger partial charge is 0.123 e. The van der Waals surface area contributed by atoms with Crippen molar-refractivity contribution in [3.8, 4) is 0 Å². The van der Waals surface area contributed by atoms with Crippen LogP contribution in [0.1, 0.15) is 17.2 Å². The van der Waals surface area contributed by atoms with Crippen molar-refractivity contribution in [3.05, 3.63) is 41.7 Å². The van der Waals surface area contributed by atoms with Gasteiger partial charge in [0, 0.05) is 11.7 Å². The predicted octanol–water partition coefficient (Wildman–Crippen LogP) is 1.90. The van der Waals surface area contributed by atoms with Gasteiger partial charge in [0.15, 0.2) is 0 Å². The minimum Gasteiger partial charge on any atom is -0.398 e. The summed E-state index contributed by atoms with van der Waals surface area (Å²) in [6, 6.07) is 2.32. The summed E-state index contributed by atoms with van der Waals surface area (Å²) in [4.78, 5) is 0. The van der Waals surface area contributed by atoms with Crippen molar-refractivity contribution in [2.45, 2.75) is 13.0 Å². The zero-order valence-electron chi connectivity index (χ0n) is 7.55. The average molecular weight is 180 g/mol. The highest BCUT2D eigenvalue weighted by molar-refractivity contribution is 5.55. The lowest BCUT2D eigenvalue weighted by Crippen LogP contribution is -2.10. The van der Waals surface area contributed by atoms with Crippen LogP contribution in [0.25, 0.3) is 0 Å². The van der Waals surface area contributed by atoms with Gasteiger partial charge in [-0.25, -0.2) is 4.39 Å². The fraction of sp³-hybridized carbons (Fsp3) is 0.200. The molecular formula is C10H13FN2. The van der Waals surface area contributed by atoms with E-state index in [-0.39, 0.29) is 5.82 Å². The van der Waals surface area contributed by atoms with Crippen molar-refractivity contribution in [2.24, 2.45) is 5.73 Å². The van der Waals surface area contributed by atoms with E-state index in [1.807, 2.05) is 0 Å². The lowest BCUT2D eigenvalue weighted by molar-refractivity contribution is 0.623. The Morgan fingerprint density at radius 1 is 1.54 bits per heavy atom. The standard InChI is InChI=1S/C10H13FN2/c1-3-9(12)8-5-7(11)4-6(2)10(8)13/h3-5,9H,1,12-13H2,2H3/t9-/m0/s1. The molecule has 1 rings (SSSR count). The van der Waals surface area contributed by atoms with Crippen molar-refractivity contribution in [1.29, 1.82) is 0 Å². The summed E-state index contributed by atoms with van der Waals surface area (Å²) in [7, 11) is 0. The van der Waals surface area contributed by atoms with Gasteiger partial charge in [0.05, 0.1) is 0 Å². The maximum absolute atomic E-state index is 13.0. The van der Waals surface area contributed by atoms with Crippen molar-refractivity contribution in [1.82, 2.24) is 0 Å². The lowest BCUT2D eigenvalue weighted by atomic mass is 10.0. The number of hydrogen-bond acceptors (Lipinski definition) is 2. The Balaban J connectivity index is 3.27. The molecule has 0 spiro atoms. The van der Waals surface area contributed by atoms with E-state index >= 15 is 0 Å². The maximum Gasteiger partial charge on any atom is 0.123 e. The Kier molecular flexibility index (Phi) is 2.68. The number of rotatable bonds is 2. The molecule has 0 aromatic heterocycles. The Bertz CT molecular complexity index is 334. The molecule has 0 fully saturated rings. The molecule has 0 unspecified atom stereocenters. The second-order valence-electron chi connectivity index (χ2n) is 2.99. The number of nitrogens with two attached hydrogens (primary N) is 2. The Morgan fingerprint density at radius 2 is 2.15 bits per heavy atom. The van der Waals surface area contributed by atoms with Crippen molar-refractivity contribution in [2.75, 3.05) is 5.73 Å². The molecule has 0 heterocycles. The van der Waals surface area contributed by atoms with Gasteiger partial charge in [-0.3, -0.25) is 0 Å². The Labute approximate surface area is 77.0 Å². The number of hydrogen-bond donors (Lipinski definition) is 2. The topological polar surface area (TPSA) is 52.0 Å². The maximum atomic E-state index is 13.0. The fourth-order valence-corrected chi connectivity index (χ4v) is 1.18. The highest BCUT2D eigenvalue weighted by Crippen LogP contribution is 2.24. The fourth-order valence-electron chi connectivity index (χ4n) is 1.18. The molecule has 0 aliphatic heterocycles. The van der Waals surface area contributed by atoms with Crippen LogP contribution in [0.3, 0.4) is 0 Å². The van der Waals surface area contributed by atoms with Crippen molar-refractivity contribution in [3.63, 3.8) is 0 Å². The van der Waals surface area contributed by atoms with Crippen LogP contribution in [0, 0.1) is 12.7 Å². The number of halogens is 1. The van der Waals surface area contributed by atoms with E-state index in [0.717, 1.165) is 0 Å². The summed E-state index contributed by atoms with van der Waals surface area (Å²) in [6.45, 7) is 5.28. The van der Waals surface area contributed by atoms with Gasteiger partial charge in [0.25, 0.3) is 0 Å². The third-order valence-electron chi connectivity index (χ3n) is 2.00. The van der Waals surface area contributed by atoms with E-state index in [9.17, 15) is 4.39 Å². The minimum atomic E-state index is -0.408. The van der Waals surface area contributed by atoms with Crippen LogP contribution in [-0.4, -0.2) is 0 Å². The van der Waals surface area contributed by atoms with Gasteiger partial charge in [-0.05, 0) is 30.2 Å². The summed E-state index contributed by atoms with van der Waals surface area (Å²) < 4.78 is 13.0. The summed E-state index contributed by atoms with van der Waals surface area (Å²) in [5, 5.41) is 0. The first-order valence-electron chi connectivity index (χ1n) is 4.00. The van der Waals surface area contributed by atoms with Crippen molar-refractivity contribution >= 4 is 5.69 Å². The first-order valence-corrected chi connectivity index (χ1v) is 4.00. The van der Waals surface area contributed by atoms with E-state index < -0.39 is 6.04 Å². The zero-order chi connectivity index (χ0) is 10.0. The molecule has 0 saturated heterocycles. The van der Waals surface area contributed by atoms with E-state index in [1.54, 1.807) is 6.92 Å². The molecule has 1 aromatic rings. The highest BCUT2D eigenvalue weighted by Gasteiger charge is 2.09. The predicted molar refractivity (Wildman–Crippen MR) is 52.7 cm³/mol. The number of benzene rings is 1. The van der Waals surface area contributed by atoms with Gasteiger partial charge in [-0.1, -0.05) is 6.08 Å². The minimum absolute atomic E-state index is 0.320. The molecule has 3 heteroatoms. The second-order valence-corrected chi connectivity index (χ2v) is 2.99. The van der Waals surface area contributed by atoms with Gasteiger partial charge in [0.1, 0.15) is 5.82 Å². The molecule has 1 atom stereocenters. The van der Waals surface area contributed by atoms with Gasteiger partial charge < -0.3 is 11.5 Å². The average Bonchev–Trinajstić information content (AvgIpc) is 2.10. The zero-order valence-corrected chi connectivity index (χ0v) is 7.55. The van der Waals surface area contributed by atoms with Gasteiger partial charge >= 0.3 is 0 Å². The molecule has 70 valence electrons. The van der Waals surface area contributed by atoms with Gasteiger partial charge in [-0.2, -0.15) is 0 Å². The summed E-state index contributed by atoms with van der Waals surface area (Å²) in [6.07, 6.45) is 1.53. The number of nitrogen functional groups attached to an aromatic ring is 1. The second kappa shape index (κ2) is 3.58. The van der Waals surface area contributed by atoms with Crippen LogP contribution in [0.5, 0.6) is 0 Å². The molecule has 0 radical (unpaired) electrons. The Morgan fingerprint density at radius 3 is 2.69 bits per heavy atom. The molecule has 4 N–H and O–H groups in total. The van der Waals surface area contributed by atoms with Gasteiger partial charge in [0.2, 0.25) is 0 Å². The largest absolute Gasteiger partial charge is 0.398 e. The highest BCUT2D eigenvalue weighted by atomic mass is 19.1. The molecule has 1 aromatic carbocycles. The van der Waals surface area contributed by atoms with Crippen LogP contribution in [0.15, 0.2) is 24.8 Å². The van der Waals surface area contributed by atoms with E-state index in [4.69, 9.17) is 11.5 Å². The van der Waals surface area contributed by atoms with Crippen LogP contribution in [-0.2, 0) is 0 Å². The summed E-state index contributed by atoms with van der Waals surface area (Å²) >= 11 is 0. The molecule has 2 nitrogen and oxygen atoms in total. The first-order chi connectivity index (χ1) is 6.06. The quantitative estimate of drug-likeness (QED) is 0.539. The molecule has 0 aliphatic carbocycles. The van der Waals surface area contributed by atoms with E-state index in [1.165, 1.54) is 18.2 Å². The normalized spacial score (nSPS) is 12.5. The molecule has 0 saturated carbocycles. The summed E-state index contributed by atoms with van der Waals surface area (Å²) in [5.74, 6) is -0.320. The monoisotopic (exact) mass is 180 g/mol. The van der Waals surface area contributed by atoms with Crippen LogP contribution in [0.2, 0.25) is 0 Å².